The lowest BCUT2D eigenvalue weighted by molar-refractivity contribution is -0.132. The minimum absolute atomic E-state index is 0. The number of nitrogens with zero attached hydrogens (tertiary/aromatic N) is 4. The number of amides is 1. The summed E-state index contributed by atoms with van der Waals surface area (Å²) in [5, 5.41) is 0. The minimum Gasteiger partial charge on any atom is -0.412 e. The van der Waals surface area contributed by atoms with Gasteiger partial charge in [0.25, 0.3) is 0 Å². The van der Waals surface area contributed by atoms with Crippen LogP contribution >= 0.6 is 0 Å². The third kappa shape index (κ3) is 9.51. The van der Waals surface area contributed by atoms with Crippen molar-refractivity contribution in [2.24, 2.45) is 7.05 Å². The smallest absolute Gasteiger partial charge is 0.394 e. The van der Waals surface area contributed by atoms with Crippen molar-refractivity contribution in [2.45, 2.75) is 31.7 Å². The van der Waals surface area contributed by atoms with E-state index >= 15 is 0 Å². The Labute approximate surface area is 148 Å². The Morgan fingerprint density at radius 1 is 1.32 bits per heavy atom. The summed E-state index contributed by atoms with van der Waals surface area (Å²) in [4.78, 5) is 20.7. The molecule has 1 aliphatic rings. The molecule has 11 heteroatoms. The van der Waals surface area contributed by atoms with Gasteiger partial charge in [-0.1, -0.05) is 0 Å². The molecule has 2 heterocycles. The summed E-state index contributed by atoms with van der Waals surface area (Å²) >= 11 is 0. The molecule has 1 aromatic rings. The van der Waals surface area contributed by atoms with Crippen molar-refractivity contribution < 1.29 is 27.8 Å². The summed E-state index contributed by atoms with van der Waals surface area (Å²) in [6, 6.07) is 0.624. The van der Waals surface area contributed by atoms with E-state index in [1.165, 1.54) is 0 Å². The number of carbonyl (C=O) groups is 1. The molecule has 0 aliphatic carbocycles. The van der Waals surface area contributed by atoms with Gasteiger partial charge in [0.05, 0.1) is 0 Å². The Bertz CT molecular complexity index is 615. The maximum atomic E-state index is 12.2. The molecular formula is C14H28N4O6S. The number of likely N-dealkylation sites (tertiary alicyclic amines) is 1. The molecule has 146 valence electrons. The summed E-state index contributed by atoms with van der Waals surface area (Å²) in [6.45, 7) is 1.78. The topological polar surface area (TPSA) is 147 Å². The van der Waals surface area contributed by atoms with Crippen molar-refractivity contribution in [3.8, 4) is 0 Å². The molecule has 1 fully saturated rings. The molecule has 25 heavy (non-hydrogen) atoms. The molecule has 0 bridgehead atoms. The van der Waals surface area contributed by atoms with Crippen LogP contribution in [-0.4, -0.2) is 81.5 Å². The van der Waals surface area contributed by atoms with E-state index in [2.05, 4.69) is 24.0 Å². The second kappa shape index (κ2) is 10.5. The predicted octanol–water partition coefficient (Wildman–Crippen LogP) is -0.572. The van der Waals surface area contributed by atoms with Gasteiger partial charge in [-0.2, -0.15) is 8.42 Å². The second-order valence-corrected chi connectivity index (χ2v) is 6.87. The van der Waals surface area contributed by atoms with Gasteiger partial charge in [0.15, 0.2) is 0 Å². The van der Waals surface area contributed by atoms with E-state index < -0.39 is 10.4 Å². The number of piperidine rings is 1. The normalized spacial score (nSPS) is 15.4. The van der Waals surface area contributed by atoms with Crippen molar-refractivity contribution in [3.63, 3.8) is 0 Å². The summed E-state index contributed by atoms with van der Waals surface area (Å²) < 4.78 is 33.6. The molecule has 4 N–H and O–H groups in total. The monoisotopic (exact) mass is 380 g/mol. The maximum Gasteiger partial charge on any atom is 0.394 e. The zero-order chi connectivity index (χ0) is 18.3. The number of hydrogen-bond donors (Lipinski definition) is 2. The summed E-state index contributed by atoms with van der Waals surface area (Å²) in [5.74, 6) is 1.25. The highest BCUT2D eigenvalue weighted by atomic mass is 32.3. The fourth-order valence-electron chi connectivity index (χ4n) is 2.65. The zero-order valence-electron chi connectivity index (χ0n) is 14.8. The third-order valence-electron chi connectivity index (χ3n) is 4.03. The van der Waals surface area contributed by atoms with Crippen LogP contribution in [0.1, 0.15) is 25.1 Å². The van der Waals surface area contributed by atoms with Gasteiger partial charge in [0.1, 0.15) is 5.82 Å². The molecule has 0 atom stereocenters. The second-order valence-electron chi connectivity index (χ2n) is 5.98. The van der Waals surface area contributed by atoms with Gasteiger partial charge in [-0.05, 0) is 26.9 Å². The van der Waals surface area contributed by atoms with Gasteiger partial charge in [-0.3, -0.25) is 13.9 Å². The van der Waals surface area contributed by atoms with Gasteiger partial charge in [0, 0.05) is 51.4 Å². The van der Waals surface area contributed by atoms with Crippen molar-refractivity contribution >= 4 is 16.3 Å². The first kappa shape index (κ1) is 23.5. The third-order valence-corrected chi connectivity index (χ3v) is 4.03. The molecule has 1 aliphatic heterocycles. The van der Waals surface area contributed by atoms with Crippen LogP contribution in [0.15, 0.2) is 12.4 Å². The largest absolute Gasteiger partial charge is 0.412 e. The highest BCUT2D eigenvalue weighted by molar-refractivity contribution is 7.79. The van der Waals surface area contributed by atoms with Gasteiger partial charge in [-0.15, -0.1) is 0 Å². The molecule has 10 nitrogen and oxygen atoms in total. The zero-order valence-corrected chi connectivity index (χ0v) is 15.6. The van der Waals surface area contributed by atoms with Crippen LogP contribution in [0.2, 0.25) is 0 Å². The van der Waals surface area contributed by atoms with Crippen LogP contribution in [0.25, 0.3) is 0 Å². The molecule has 1 aromatic heterocycles. The minimum atomic E-state index is -4.67. The van der Waals surface area contributed by atoms with E-state index in [1.54, 1.807) is 6.20 Å². The van der Waals surface area contributed by atoms with Gasteiger partial charge < -0.3 is 19.8 Å². The molecule has 0 spiro atoms. The van der Waals surface area contributed by atoms with Gasteiger partial charge in [-0.25, -0.2) is 4.98 Å². The standard InChI is InChI=1S/C14H24N4O.H2O4S.H2O/c1-16(2)12-6-9-18(10-7-12)14(19)5-4-13-15-8-11-17(13)3;1-5(2,3)4;/h8,11-12H,4-7,9-10H2,1-3H3;(H2,1,2,3,4);1H2. The molecule has 1 amide bonds. The Kier molecular flexibility index (Phi) is 9.82. The number of hydrogen-bond acceptors (Lipinski definition) is 5. The first-order chi connectivity index (χ1) is 11.1. The van der Waals surface area contributed by atoms with Crippen molar-refractivity contribution in [1.29, 1.82) is 0 Å². The van der Waals surface area contributed by atoms with Crippen molar-refractivity contribution in [2.75, 3.05) is 27.2 Å². The van der Waals surface area contributed by atoms with E-state index in [0.29, 0.717) is 12.5 Å². The molecule has 0 aromatic carbocycles. The highest BCUT2D eigenvalue weighted by Gasteiger charge is 2.23. The number of rotatable bonds is 4. The van der Waals surface area contributed by atoms with E-state index in [0.717, 1.165) is 38.2 Å². The van der Waals surface area contributed by atoms with Crippen LogP contribution in [0, 0.1) is 0 Å². The van der Waals surface area contributed by atoms with Crippen LogP contribution < -0.4 is 0 Å². The van der Waals surface area contributed by atoms with Crippen LogP contribution in [0.3, 0.4) is 0 Å². The fraction of sp³-hybridized carbons (Fsp3) is 0.714. The highest BCUT2D eigenvalue weighted by Crippen LogP contribution is 2.15. The Morgan fingerprint density at radius 2 is 1.84 bits per heavy atom. The number of carbonyl (C=O) groups excluding carboxylic acids is 1. The first-order valence-electron chi connectivity index (χ1n) is 7.68. The average molecular weight is 380 g/mol. The molecule has 0 saturated carbocycles. The predicted molar refractivity (Wildman–Crippen MR) is 92.6 cm³/mol. The Morgan fingerprint density at radius 3 is 2.24 bits per heavy atom. The Hall–Kier alpha value is -1.53. The lowest BCUT2D eigenvalue weighted by Crippen LogP contribution is -2.44. The summed E-state index contributed by atoms with van der Waals surface area (Å²) in [6.07, 6.45) is 7.17. The molecular weight excluding hydrogens is 352 g/mol. The van der Waals surface area contributed by atoms with Crippen LogP contribution in [-0.2, 0) is 28.7 Å². The number of imidazole rings is 1. The van der Waals surface area contributed by atoms with E-state index in [1.807, 2.05) is 22.7 Å². The fourth-order valence-corrected chi connectivity index (χ4v) is 2.65. The summed E-state index contributed by atoms with van der Waals surface area (Å²) in [7, 11) is 1.53. The van der Waals surface area contributed by atoms with E-state index in [4.69, 9.17) is 17.5 Å². The quantitative estimate of drug-likeness (QED) is 0.664. The van der Waals surface area contributed by atoms with Crippen molar-refractivity contribution in [3.05, 3.63) is 18.2 Å². The number of aryl methyl sites for hydroxylation is 2. The maximum absolute atomic E-state index is 12.2. The van der Waals surface area contributed by atoms with Crippen molar-refractivity contribution in [1.82, 2.24) is 19.4 Å². The lowest BCUT2D eigenvalue weighted by atomic mass is 10.0. The van der Waals surface area contributed by atoms with Gasteiger partial charge in [0.2, 0.25) is 5.91 Å². The molecule has 0 unspecified atom stereocenters. The SMILES string of the molecule is CN(C)C1CCN(C(=O)CCc2nccn2C)CC1.O.O=S(=O)(O)O. The van der Waals surface area contributed by atoms with E-state index in [-0.39, 0.29) is 11.4 Å². The van der Waals surface area contributed by atoms with Crippen LogP contribution in [0.5, 0.6) is 0 Å². The van der Waals surface area contributed by atoms with Gasteiger partial charge >= 0.3 is 10.4 Å². The molecule has 2 rings (SSSR count). The summed E-state index contributed by atoms with van der Waals surface area (Å²) in [5.41, 5.74) is 0. The molecule has 1 saturated heterocycles. The van der Waals surface area contributed by atoms with Crippen LogP contribution in [0.4, 0.5) is 0 Å². The average Bonchev–Trinajstić information content (AvgIpc) is 2.88. The lowest BCUT2D eigenvalue weighted by Gasteiger charge is -2.35. The Balaban J connectivity index is 0.000000848. The van der Waals surface area contributed by atoms with E-state index in [9.17, 15) is 4.79 Å². The molecule has 0 radical (unpaired) electrons. The number of aromatic nitrogens is 2. The first-order valence-corrected chi connectivity index (χ1v) is 9.08.